The van der Waals surface area contributed by atoms with E-state index in [-0.39, 0.29) is 42.6 Å². The first-order valence-corrected chi connectivity index (χ1v) is 8.56. The maximum absolute atomic E-state index is 12.2. The van der Waals surface area contributed by atoms with Crippen LogP contribution in [0.5, 0.6) is 0 Å². The predicted octanol–water partition coefficient (Wildman–Crippen LogP) is -0.911. The third-order valence-electron chi connectivity index (χ3n) is 4.20. The fraction of sp³-hybridized carbons (Fsp3) is 0.917. The van der Waals surface area contributed by atoms with Crippen LogP contribution in [0.4, 0.5) is 0 Å². The summed E-state index contributed by atoms with van der Waals surface area (Å²) in [6.45, 7) is 1.18. The molecule has 2 atom stereocenters. The lowest BCUT2D eigenvalue weighted by atomic mass is 10.2. The molecule has 110 valence electrons. The van der Waals surface area contributed by atoms with Crippen molar-refractivity contribution in [2.24, 2.45) is 0 Å². The van der Waals surface area contributed by atoms with Gasteiger partial charge in [0.1, 0.15) is 0 Å². The van der Waals surface area contributed by atoms with Gasteiger partial charge in [0.25, 0.3) is 0 Å². The molecular weight excluding hydrogens is 268 g/mol. The van der Waals surface area contributed by atoms with Crippen LogP contribution in [-0.4, -0.2) is 79.6 Å². The topological polar surface area (TPSA) is 77.9 Å². The molecule has 1 N–H and O–H groups in total. The van der Waals surface area contributed by atoms with Gasteiger partial charge in [0, 0.05) is 19.1 Å². The van der Waals surface area contributed by atoms with Gasteiger partial charge in [-0.3, -0.25) is 9.69 Å². The predicted molar refractivity (Wildman–Crippen MR) is 71.5 cm³/mol. The molecule has 6 nitrogen and oxygen atoms in total. The van der Waals surface area contributed by atoms with Crippen LogP contribution in [0.15, 0.2) is 0 Å². The van der Waals surface area contributed by atoms with Crippen molar-refractivity contribution in [1.29, 1.82) is 0 Å². The normalized spacial score (nSPS) is 30.6. The minimum Gasteiger partial charge on any atom is -0.395 e. The van der Waals surface area contributed by atoms with Gasteiger partial charge in [-0.25, -0.2) is 8.42 Å². The van der Waals surface area contributed by atoms with E-state index in [9.17, 15) is 18.3 Å². The number of amides is 1. The second-order valence-corrected chi connectivity index (χ2v) is 7.74. The van der Waals surface area contributed by atoms with Gasteiger partial charge in [0.15, 0.2) is 9.84 Å². The van der Waals surface area contributed by atoms with E-state index in [2.05, 4.69) is 0 Å². The first-order valence-electron chi connectivity index (χ1n) is 6.74. The standard InChI is InChI=1S/C12H22N2O4S/c1-13(11-4-6-19(17,18)9-11)12(16)7-14-5-2-3-10(14)8-15/h10-11,15H,2-9H2,1H3. The summed E-state index contributed by atoms with van der Waals surface area (Å²) in [7, 11) is -1.29. The zero-order chi connectivity index (χ0) is 14.0. The quantitative estimate of drug-likeness (QED) is 0.725. The Hall–Kier alpha value is -0.660. The zero-order valence-corrected chi connectivity index (χ0v) is 12.1. The Morgan fingerprint density at radius 2 is 2.16 bits per heavy atom. The number of nitrogens with zero attached hydrogens (tertiary/aromatic N) is 2. The first kappa shape index (κ1) is 14.7. The Balaban J connectivity index is 1.89. The summed E-state index contributed by atoms with van der Waals surface area (Å²) in [6.07, 6.45) is 2.46. The van der Waals surface area contributed by atoms with Crippen molar-refractivity contribution in [3.05, 3.63) is 0 Å². The fourth-order valence-electron chi connectivity index (χ4n) is 2.88. The van der Waals surface area contributed by atoms with Crippen LogP contribution >= 0.6 is 0 Å². The monoisotopic (exact) mass is 290 g/mol. The summed E-state index contributed by atoms with van der Waals surface area (Å²) in [5.74, 6) is 0.208. The van der Waals surface area contributed by atoms with Crippen LogP contribution < -0.4 is 0 Å². The highest BCUT2D eigenvalue weighted by molar-refractivity contribution is 7.91. The molecule has 0 radical (unpaired) electrons. The Bertz CT molecular complexity index is 437. The van der Waals surface area contributed by atoms with Gasteiger partial charge >= 0.3 is 0 Å². The number of sulfone groups is 1. The van der Waals surface area contributed by atoms with E-state index in [1.54, 1.807) is 11.9 Å². The lowest BCUT2D eigenvalue weighted by molar-refractivity contribution is -0.133. The maximum atomic E-state index is 12.2. The smallest absolute Gasteiger partial charge is 0.236 e. The van der Waals surface area contributed by atoms with E-state index in [4.69, 9.17) is 0 Å². The van der Waals surface area contributed by atoms with Crippen molar-refractivity contribution >= 4 is 15.7 Å². The van der Waals surface area contributed by atoms with E-state index < -0.39 is 9.84 Å². The summed E-state index contributed by atoms with van der Waals surface area (Å²) in [5, 5.41) is 9.22. The van der Waals surface area contributed by atoms with Crippen molar-refractivity contribution < 1.29 is 18.3 Å². The number of hydrogen-bond acceptors (Lipinski definition) is 5. The molecule has 2 rings (SSSR count). The molecule has 2 aliphatic heterocycles. The maximum Gasteiger partial charge on any atom is 0.236 e. The SMILES string of the molecule is CN(C(=O)CN1CCCC1CO)C1CCS(=O)(=O)C1. The molecule has 0 aromatic rings. The second kappa shape index (κ2) is 5.76. The number of aliphatic hydroxyl groups is 1. The van der Waals surface area contributed by atoms with Gasteiger partial charge in [0.05, 0.1) is 24.7 Å². The van der Waals surface area contributed by atoms with Crippen molar-refractivity contribution in [3.63, 3.8) is 0 Å². The van der Waals surface area contributed by atoms with Crippen LogP contribution in [0.25, 0.3) is 0 Å². The molecule has 2 unspecified atom stereocenters. The first-order chi connectivity index (χ1) is 8.93. The average Bonchev–Trinajstić information content (AvgIpc) is 2.94. The van der Waals surface area contributed by atoms with E-state index in [0.717, 1.165) is 19.4 Å². The molecule has 0 saturated carbocycles. The van der Waals surface area contributed by atoms with Gasteiger partial charge < -0.3 is 10.0 Å². The molecule has 2 saturated heterocycles. The molecule has 2 fully saturated rings. The van der Waals surface area contributed by atoms with Crippen molar-refractivity contribution in [2.45, 2.75) is 31.3 Å². The summed E-state index contributed by atoms with van der Waals surface area (Å²) in [6, 6.07) is -0.114. The molecule has 2 aliphatic rings. The average molecular weight is 290 g/mol. The van der Waals surface area contributed by atoms with E-state index in [1.807, 2.05) is 4.90 Å². The van der Waals surface area contributed by atoms with Crippen LogP contribution in [-0.2, 0) is 14.6 Å². The number of rotatable bonds is 4. The van der Waals surface area contributed by atoms with Gasteiger partial charge in [-0.05, 0) is 25.8 Å². The number of carbonyl (C=O) groups is 1. The molecular formula is C12H22N2O4S. The number of likely N-dealkylation sites (N-methyl/N-ethyl adjacent to an activating group) is 1. The Kier molecular flexibility index (Phi) is 4.47. The summed E-state index contributed by atoms with van der Waals surface area (Å²) < 4.78 is 22.9. The molecule has 0 aromatic heterocycles. The molecule has 0 bridgehead atoms. The fourth-order valence-corrected chi connectivity index (χ4v) is 4.65. The second-order valence-electron chi connectivity index (χ2n) is 5.51. The molecule has 0 aliphatic carbocycles. The van der Waals surface area contributed by atoms with Crippen LogP contribution in [0, 0.1) is 0 Å². The van der Waals surface area contributed by atoms with Crippen LogP contribution in [0.1, 0.15) is 19.3 Å². The van der Waals surface area contributed by atoms with E-state index >= 15 is 0 Å². The third kappa shape index (κ3) is 3.46. The summed E-state index contributed by atoms with van der Waals surface area (Å²) in [4.78, 5) is 15.7. The van der Waals surface area contributed by atoms with Crippen LogP contribution in [0.2, 0.25) is 0 Å². The Labute approximate surface area is 114 Å². The number of carbonyl (C=O) groups excluding carboxylic acids is 1. The van der Waals surface area contributed by atoms with Crippen molar-refractivity contribution in [2.75, 3.05) is 38.2 Å². The van der Waals surface area contributed by atoms with Crippen LogP contribution in [0.3, 0.4) is 0 Å². The largest absolute Gasteiger partial charge is 0.395 e. The summed E-state index contributed by atoms with van der Waals surface area (Å²) >= 11 is 0. The summed E-state index contributed by atoms with van der Waals surface area (Å²) in [5.41, 5.74) is 0. The number of hydrogen-bond donors (Lipinski definition) is 1. The molecule has 1 amide bonds. The molecule has 0 spiro atoms. The minimum absolute atomic E-state index is 0.0533. The molecule has 2 heterocycles. The highest BCUT2D eigenvalue weighted by atomic mass is 32.2. The lowest BCUT2D eigenvalue weighted by Crippen LogP contribution is -2.45. The number of aliphatic hydroxyl groups excluding tert-OH is 1. The Morgan fingerprint density at radius 3 is 2.74 bits per heavy atom. The molecule has 7 heteroatoms. The highest BCUT2D eigenvalue weighted by Gasteiger charge is 2.34. The number of likely N-dealkylation sites (tertiary alicyclic amines) is 1. The zero-order valence-electron chi connectivity index (χ0n) is 11.3. The van der Waals surface area contributed by atoms with E-state index in [1.165, 1.54) is 0 Å². The van der Waals surface area contributed by atoms with E-state index in [0.29, 0.717) is 6.42 Å². The lowest BCUT2D eigenvalue weighted by Gasteiger charge is -2.28. The molecule has 0 aromatic carbocycles. The van der Waals surface area contributed by atoms with Gasteiger partial charge in [0.2, 0.25) is 5.91 Å². The van der Waals surface area contributed by atoms with Gasteiger partial charge in [-0.2, -0.15) is 0 Å². The van der Waals surface area contributed by atoms with Crippen molar-refractivity contribution in [1.82, 2.24) is 9.80 Å². The molecule has 19 heavy (non-hydrogen) atoms. The van der Waals surface area contributed by atoms with Crippen molar-refractivity contribution in [3.8, 4) is 0 Å². The third-order valence-corrected chi connectivity index (χ3v) is 5.95. The highest BCUT2D eigenvalue weighted by Crippen LogP contribution is 2.19. The minimum atomic E-state index is -2.96. The Morgan fingerprint density at radius 1 is 1.42 bits per heavy atom. The van der Waals surface area contributed by atoms with Gasteiger partial charge in [-0.1, -0.05) is 0 Å². The van der Waals surface area contributed by atoms with Gasteiger partial charge in [-0.15, -0.1) is 0 Å².